The molecule has 0 radical (unpaired) electrons. The van der Waals surface area contributed by atoms with Crippen molar-refractivity contribution in [3.8, 4) is 0 Å². The molecule has 1 fully saturated rings. The highest BCUT2D eigenvalue weighted by atomic mass is 28.4. The number of ether oxygens (including phenoxy) is 1. The summed E-state index contributed by atoms with van der Waals surface area (Å²) in [4.78, 5) is 12.8. The summed E-state index contributed by atoms with van der Waals surface area (Å²) < 4.78 is 17.7. The number of hydrogen-bond acceptors (Lipinski definition) is 5. The molecule has 3 atom stereocenters. The Kier molecular flexibility index (Phi) is 6.53. The summed E-state index contributed by atoms with van der Waals surface area (Å²) in [5, 5.41) is 1.62. The number of carbonyl (C=O) groups is 1. The van der Waals surface area contributed by atoms with Crippen molar-refractivity contribution < 1.29 is 18.4 Å². The van der Waals surface area contributed by atoms with Gasteiger partial charge >= 0.3 is 6.09 Å². The molecule has 28 heavy (non-hydrogen) atoms. The molecule has 1 N–H and O–H groups in total. The molecule has 1 aromatic heterocycles. The van der Waals surface area contributed by atoms with Gasteiger partial charge in [-0.2, -0.15) is 0 Å². The first kappa shape index (κ1) is 22.7. The molecule has 0 aromatic carbocycles. The van der Waals surface area contributed by atoms with Crippen LogP contribution < -0.4 is 5.43 Å². The van der Waals surface area contributed by atoms with Crippen molar-refractivity contribution in [3.05, 3.63) is 36.8 Å². The van der Waals surface area contributed by atoms with E-state index in [-0.39, 0.29) is 23.0 Å². The molecule has 0 unspecified atom stereocenters. The van der Waals surface area contributed by atoms with Gasteiger partial charge in [-0.05, 0) is 51.0 Å². The second kappa shape index (κ2) is 8.04. The fraction of sp³-hybridized carbons (Fsp3) is 0.667. The molecule has 1 aliphatic rings. The van der Waals surface area contributed by atoms with Crippen molar-refractivity contribution in [2.45, 2.75) is 83.3 Å². The molecular formula is C21H36N2O4Si. The largest absolute Gasteiger partial charge is 0.469 e. The van der Waals surface area contributed by atoms with Crippen LogP contribution in [0.4, 0.5) is 4.79 Å². The van der Waals surface area contributed by atoms with Crippen LogP contribution in [0, 0.1) is 0 Å². The summed E-state index contributed by atoms with van der Waals surface area (Å²) in [5.41, 5.74) is 2.72. The molecule has 0 bridgehead atoms. The maximum Gasteiger partial charge on any atom is 0.425 e. The van der Waals surface area contributed by atoms with E-state index in [0.717, 1.165) is 5.76 Å². The van der Waals surface area contributed by atoms with E-state index in [4.69, 9.17) is 13.6 Å². The summed E-state index contributed by atoms with van der Waals surface area (Å²) >= 11 is 0. The number of furan rings is 1. The van der Waals surface area contributed by atoms with Crippen molar-refractivity contribution in [2.24, 2.45) is 0 Å². The number of carbonyl (C=O) groups excluding carboxylic acids is 1. The third kappa shape index (κ3) is 5.07. The van der Waals surface area contributed by atoms with Crippen LogP contribution in [0.25, 0.3) is 0 Å². The van der Waals surface area contributed by atoms with Gasteiger partial charge in [0.15, 0.2) is 8.32 Å². The summed E-state index contributed by atoms with van der Waals surface area (Å²) in [6.45, 7) is 21.1. The van der Waals surface area contributed by atoms with Crippen LogP contribution in [0.5, 0.6) is 0 Å². The van der Waals surface area contributed by atoms with Gasteiger partial charge in [-0.15, -0.1) is 6.58 Å². The minimum absolute atomic E-state index is 0.106. The van der Waals surface area contributed by atoms with Crippen LogP contribution in [0.2, 0.25) is 18.1 Å². The molecule has 1 saturated heterocycles. The van der Waals surface area contributed by atoms with Gasteiger partial charge in [0.2, 0.25) is 0 Å². The average Bonchev–Trinajstić information content (AvgIpc) is 3.17. The highest BCUT2D eigenvalue weighted by Crippen LogP contribution is 2.39. The second-order valence-corrected chi connectivity index (χ2v) is 14.7. The molecule has 2 rings (SSSR count). The van der Waals surface area contributed by atoms with Crippen molar-refractivity contribution in [1.82, 2.24) is 10.4 Å². The fourth-order valence-electron chi connectivity index (χ4n) is 2.98. The first-order valence-electron chi connectivity index (χ1n) is 9.85. The minimum atomic E-state index is -1.94. The average molecular weight is 409 g/mol. The van der Waals surface area contributed by atoms with E-state index >= 15 is 0 Å². The lowest BCUT2D eigenvalue weighted by atomic mass is 9.92. The molecule has 158 valence electrons. The van der Waals surface area contributed by atoms with Gasteiger partial charge in [0.25, 0.3) is 0 Å². The van der Waals surface area contributed by atoms with Gasteiger partial charge in [0.05, 0.1) is 30.9 Å². The molecule has 6 nitrogen and oxygen atoms in total. The van der Waals surface area contributed by atoms with Gasteiger partial charge in [-0.25, -0.2) is 15.2 Å². The van der Waals surface area contributed by atoms with E-state index in [0.29, 0.717) is 6.61 Å². The van der Waals surface area contributed by atoms with Crippen LogP contribution >= 0.6 is 0 Å². The lowest BCUT2D eigenvalue weighted by Gasteiger charge is -2.37. The zero-order chi connectivity index (χ0) is 21.3. The SMILES string of the molecule is C=C[C@H]1[C@H](c2ccco2)[C@@H](CO[Si](C)(C)C(C)(C)C)NN1C(=O)OC(C)(C)C. The Balaban J connectivity index is 2.27. The van der Waals surface area contributed by atoms with Crippen molar-refractivity contribution in [1.29, 1.82) is 0 Å². The first-order chi connectivity index (χ1) is 12.8. The standard InChI is InChI=1S/C21H36N2O4Si/c1-10-16-18(17-12-11-13-25-17)15(14-26-28(8,9)21(5,6)7)22-23(16)19(24)27-20(2,3)4/h10-13,15-16,18,22H,1,14H2,2-9H3/t15-,16+,18-/m1/s1. The molecule has 7 heteroatoms. The Morgan fingerprint density at radius 1 is 1.32 bits per heavy atom. The number of nitrogens with zero attached hydrogens (tertiary/aromatic N) is 1. The van der Waals surface area contributed by atoms with Gasteiger partial charge in [0.1, 0.15) is 11.4 Å². The predicted octanol–water partition coefficient (Wildman–Crippen LogP) is 5.06. The Labute approximate surface area is 170 Å². The molecule has 0 saturated carbocycles. The number of hydrazine groups is 1. The van der Waals surface area contributed by atoms with E-state index in [1.165, 1.54) is 5.01 Å². The van der Waals surface area contributed by atoms with E-state index in [9.17, 15) is 4.79 Å². The molecular weight excluding hydrogens is 372 g/mol. The molecule has 1 aliphatic heterocycles. The van der Waals surface area contributed by atoms with Gasteiger partial charge in [0, 0.05) is 0 Å². The lowest BCUT2D eigenvalue weighted by Crippen LogP contribution is -2.48. The maximum absolute atomic E-state index is 12.8. The highest BCUT2D eigenvalue weighted by molar-refractivity contribution is 6.74. The zero-order valence-corrected chi connectivity index (χ0v) is 19.5. The highest BCUT2D eigenvalue weighted by Gasteiger charge is 2.47. The summed E-state index contributed by atoms with van der Waals surface area (Å²) in [7, 11) is -1.94. The van der Waals surface area contributed by atoms with Crippen LogP contribution in [0.3, 0.4) is 0 Å². The predicted molar refractivity (Wildman–Crippen MR) is 114 cm³/mol. The van der Waals surface area contributed by atoms with E-state index < -0.39 is 20.0 Å². The number of nitrogens with one attached hydrogen (secondary N) is 1. The van der Waals surface area contributed by atoms with Crippen molar-refractivity contribution >= 4 is 14.4 Å². The van der Waals surface area contributed by atoms with Gasteiger partial charge < -0.3 is 13.6 Å². The first-order valence-corrected chi connectivity index (χ1v) is 12.8. The topological polar surface area (TPSA) is 63.9 Å². The molecule has 0 aliphatic carbocycles. The quantitative estimate of drug-likeness (QED) is 0.545. The van der Waals surface area contributed by atoms with Crippen molar-refractivity contribution in [2.75, 3.05) is 6.61 Å². The van der Waals surface area contributed by atoms with E-state index in [2.05, 4.69) is 45.9 Å². The van der Waals surface area contributed by atoms with Crippen LogP contribution in [0.1, 0.15) is 53.2 Å². The van der Waals surface area contributed by atoms with Gasteiger partial charge in [-0.1, -0.05) is 26.8 Å². The third-order valence-corrected chi connectivity index (χ3v) is 10.0. The van der Waals surface area contributed by atoms with Crippen LogP contribution in [0.15, 0.2) is 35.5 Å². The van der Waals surface area contributed by atoms with E-state index in [1.807, 2.05) is 32.9 Å². The second-order valence-electron chi connectivity index (χ2n) is 9.92. The molecule has 1 aromatic rings. The Bertz CT molecular complexity index is 674. The van der Waals surface area contributed by atoms with Gasteiger partial charge in [-0.3, -0.25) is 0 Å². The van der Waals surface area contributed by atoms with E-state index in [1.54, 1.807) is 12.3 Å². The Morgan fingerprint density at radius 2 is 1.96 bits per heavy atom. The smallest absolute Gasteiger partial charge is 0.425 e. The zero-order valence-electron chi connectivity index (χ0n) is 18.5. The Hall–Kier alpha value is -1.57. The fourth-order valence-corrected chi connectivity index (χ4v) is 4.01. The minimum Gasteiger partial charge on any atom is -0.469 e. The summed E-state index contributed by atoms with van der Waals surface area (Å²) in [6.07, 6.45) is 2.98. The summed E-state index contributed by atoms with van der Waals surface area (Å²) in [6, 6.07) is 3.36. The normalized spacial score (nSPS) is 23.7. The summed E-state index contributed by atoms with van der Waals surface area (Å²) in [5.74, 6) is 0.692. The number of amides is 1. The molecule has 1 amide bonds. The monoisotopic (exact) mass is 408 g/mol. The lowest BCUT2D eigenvalue weighted by molar-refractivity contribution is 0.0139. The third-order valence-electron chi connectivity index (χ3n) is 5.54. The van der Waals surface area contributed by atoms with Crippen LogP contribution in [-0.4, -0.2) is 43.7 Å². The van der Waals surface area contributed by atoms with Crippen LogP contribution in [-0.2, 0) is 9.16 Å². The molecule has 0 spiro atoms. The molecule has 2 heterocycles. The number of hydrogen-bond donors (Lipinski definition) is 1. The maximum atomic E-state index is 12.8. The Morgan fingerprint density at radius 3 is 2.43 bits per heavy atom. The van der Waals surface area contributed by atoms with Crippen molar-refractivity contribution in [3.63, 3.8) is 0 Å². The number of rotatable bonds is 5.